The molecule has 1 atom stereocenters. The largest absolute Gasteiger partial charge is 0.380 e. The molecule has 0 fully saturated rings. The molecule has 0 saturated carbocycles. The van der Waals surface area contributed by atoms with E-state index in [1.165, 1.54) is 12.8 Å². The molecule has 0 amide bonds. The van der Waals surface area contributed by atoms with Crippen molar-refractivity contribution >= 4 is 11.6 Å². The Morgan fingerprint density at radius 3 is 2.64 bits per heavy atom. The highest BCUT2D eigenvalue weighted by atomic mass is 35.5. The highest BCUT2D eigenvalue weighted by molar-refractivity contribution is 6.17. The fraction of sp³-hybridized carbons (Fsp3) is 1.00. The van der Waals surface area contributed by atoms with Crippen molar-refractivity contribution in [2.24, 2.45) is 5.92 Å². The molecule has 0 spiro atoms. The molecule has 86 valence electrons. The van der Waals surface area contributed by atoms with Crippen LogP contribution in [0.1, 0.15) is 33.1 Å². The van der Waals surface area contributed by atoms with E-state index in [1.54, 1.807) is 0 Å². The second-order valence-corrected chi connectivity index (χ2v) is 3.91. The van der Waals surface area contributed by atoms with E-state index in [1.807, 2.05) is 6.92 Å². The van der Waals surface area contributed by atoms with Crippen LogP contribution < -0.4 is 5.32 Å². The molecule has 0 aromatic heterocycles. The van der Waals surface area contributed by atoms with E-state index in [4.69, 9.17) is 16.3 Å². The summed E-state index contributed by atoms with van der Waals surface area (Å²) in [6, 6.07) is 0. The minimum absolute atomic E-state index is 0.735. The quantitative estimate of drug-likeness (QED) is 0.453. The molecular formula is C11H24ClNO. The Balaban J connectivity index is 3.30. The predicted molar refractivity (Wildman–Crippen MR) is 63.1 cm³/mol. The summed E-state index contributed by atoms with van der Waals surface area (Å²) in [5, 5.41) is 3.41. The van der Waals surface area contributed by atoms with Crippen LogP contribution in [-0.4, -0.2) is 32.2 Å². The Morgan fingerprint density at radius 1 is 1.29 bits per heavy atom. The number of nitrogens with one attached hydrogen (secondary N) is 1. The Labute approximate surface area is 93.4 Å². The van der Waals surface area contributed by atoms with Crippen molar-refractivity contribution in [3.8, 4) is 0 Å². The first kappa shape index (κ1) is 14.2. The molecule has 0 aromatic rings. The summed E-state index contributed by atoms with van der Waals surface area (Å²) in [6.45, 7) is 7.90. The summed E-state index contributed by atoms with van der Waals surface area (Å²) in [4.78, 5) is 0. The van der Waals surface area contributed by atoms with Crippen molar-refractivity contribution in [3.63, 3.8) is 0 Å². The third-order valence-electron chi connectivity index (χ3n) is 2.27. The van der Waals surface area contributed by atoms with Crippen LogP contribution in [0.15, 0.2) is 0 Å². The summed E-state index contributed by atoms with van der Waals surface area (Å²) >= 11 is 5.74. The topological polar surface area (TPSA) is 21.3 Å². The average molecular weight is 222 g/mol. The summed E-state index contributed by atoms with van der Waals surface area (Å²) in [6.07, 6.45) is 3.64. The van der Waals surface area contributed by atoms with Gasteiger partial charge in [-0.05, 0) is 32.2 Å². The van der Waals surface area contributed by atoms with Gasteiger partial charge in [0.15, 0.2) is 0 Å². The summed E-state index contributed by atoms with van der Waals surface area (Å²) < 4.78 is 5.25. The molecule has 0 heterocycles. The summed E-state index contributed by atoms with van der Waals surface area (Å²) in [5.41, 5.74) is 0. The summed E-state index contributed by atoms with van der Waals surface area (Å²) in [5.74, 6) is 1.51. The number of halogens is 1. The van der Waals surface area contributed by atoms with Gasteiger partial charge in [0.1, 0.15) is 0 Å². The first-order valence-corrected chi connectivity index (χ1v) is 6.23. The Kier molecular flexibility index (Phi) is 11.5. The van der Waals surface area contributed by atoms with Crippen molar-refractivity contribution < 1.29 is 4.74 Å². The SMILES string of the molecule is CCCC(CCCl)CNCCOCC. The molecule has 0 aliphatic heterocycles. The lowest BCUT2D eigenvalue weighted by Crippen LogP contribution is -2.26. The van der Waals surface area contributed by atoms with E-state index >= 15 is 0 Å². The average Bonchev–Trinajstić information content (AvgIpc) is 2.18. The Hall–Kier alpha value is 0.210. The second-order valence-electron chi connectivity index (χ2n) is 3.53. The normalized spacial score (nSPS) is 13.1. The molecular weight excluding hydrogens is 198 g/mol. The zero-order valence-electron chi connectivity index (χ0n) is 9.52. The molecule has 2 nitrogen and oxygen atoms in total. The van der Waals surface area contributed by atoms with Crippen molar-refractivity contribution in [1.29, 1.82) is 0 Å². The molecule has 14 heavy (non-hydrogen) atoms. The van der Waals surface area contributed by atoms with E-state index < -0.39 is 0 Å². The van der Waals surface area contributed by atoms with Crippen molar-refractivity contribution in [2.45, 2.75) is 33.1 Å². The van der Waals surface area contributed by atoms with Crippen LogP contribution in [-0.2, 0) is 4.74 Å². The van der Waals surface area contributed by atoms with Gasteiger partial charge in [-0.15, -0.1) is 11.6 Å². The molecule has 0 bridgehead atoms. The molecule has 0 aliphatic rings. The van der Waals surface area contributed by atoms with Crippen LogP contribution in [0.3, 0.4) is 0 Å². The smallest absolute Gasteiger partial charge is 0.0590 e. The van der Waals surface area contributed by atoms with E-state index in [9.17, 15) is 0 Å². The minimum atomic E-state index is 0.735. The standard InChI is InChI=1S/C11H24ClNO/c1-3-5-11(6-7-12)10-13-8-9-14-4-2/h11,13H,3-10H2,1-2H3. The second kappa shape index (κ2) is 11.3. The monoisotopic (exact) mass is 221 g/mol. The van der Waals surface area contributed by atoms with E-state index in [0.717, 1.165) is 44.5 Å². The fourth-order valence-electron chi connectivity index (χ4n) is 1.51. The van der Waals surface area contributed by atoms with Gasteiger partial charge in [-0.2, -0.15) is 0 Å². The Bertz CT molecular complexity index is 105. The van der Waals surface area contributed by atoms with Gasteiger partial charge in [0.2, 0.25) is 0 Å². The maximum Gasteiger partial charge on any atom is 0.0590 e. The lowest BCUT2D eigenvalue weighted by Gasteiger charge is -2.15. The third kappa shape index (κ3) is 8.79. The van der Waals surface area contributed by atoms with Crippen molar-refractivity contribution in [1.82, 2.24) is 5.32 Å². The number of ether oxygens (including phenoxy) is 1. The van der Waals surface area contributed by atoms with Gasteiger partial charge in [0.25, 0.3) is 0 Å². The van der Waals surface area contributed by atoms with Gasteiger partial charge in [0.05, 0.1) is 6.61 Å². The highest BCUT2D eigenvalue weighted by Crippen LogP contribution is 2.10. The van der Waals surface area contributed by atoms with Gasteiger partial charge in [-0.3, -0.25) is 0 Å². The zero-order valence-corrected chi connectivity index (χ0v) is 10.3. The van der Waals surface area contributed by atoms with Crippen LogP contribution in [0.25, 0.3) is 0 Å². The first-order valence-electron chi connectivity index (χ1n) is 5.69. The fourth-order valence-corrected chi connectivity index (χ4v) is 1.81. The van der Waals surface area contributed by atoms with Gasteiger partial charge in [-0.25, -0.2) is 0 Å². The molecule has 1 N–H and O–H groups in total. The lowest BCUT2D eigenvalue weighted by atomic mass is 10.0. The highest BCUT2D eigenvalue weighted by Gasteiger charge is 2.05. The van der Waals surface area contributed by atoms with Crippen molar-refractivity contribution in [2.75, 3.05) is 32.2 Å². The van der Waals surface area contributed by atoms with E-state index in [0.29, 0.717) is 0 Å². The van der Waals surface area contributed by atoms with Crippen LogP contribution in [0.4, 0.5) is 0 Å². The molecule has 0 aliphatic carbocycles. The molecule has 1 unspecified atom stereocenters. The number of hydrogen-bond donors (Lipinski definition) is 1. The molecule has 0 saturated heterocycles. The van der Waals surface area contributed by atoms with Crippen LogP contribution in [0.2, 0.25) is 0 Å². The predicted octanol–water partition coefficient (Wildman–Crippen LogP) is 2.66. The van der Waals surface area contributed by atoms with Gasteiger partial charge in [-0.1, -0.05) is 13.3 Å². The van der Waals surface area contributed by atoms with Gasteiger partial charge in [0, 0.05) is 19.0 Å². The maximum atomic E-state index is 5.74. The molecule has 0 radical (unpaired) electrons. The van der Waals surface area contributed by atoms with Crippen LogP contribution in [0.5, 0.6) is 0 Å². The van der Waals surface area contributed by atoms with E-state index in [-0.39, 0.29) is 0 Å². The lowest BCUT2D eigenvalue weighted by molar-refractivity contribution is 0.148. The summed E-state index contributed by atoms with van der Waals surface area (Å²) in [7, 11) is 0. The third-order valence-corrected chi connectivity index (χ3v) is 2.49. The Morgan fingerprint density at radius 2 is 2.07 bits per heavy atom. The molecule has 0 aromatic carbocycles. The number of rotatable bonds is 10. The van der Waals surface area contributed by atoms with Gasteiger partial charge >= 0.3 is 0 Å². The first-order chi connectivity index (χ1) is 6.85. The number of alkyl halides is 1. The minimum Gasteiger partial charge on any atom is -0.380 e. The molecule has 3 heteroatoms. The number of hydrogen-bond acceptors (Lipinski definition) is 2. The van der Waals surface area contributed by atoms with E-state index in [2.05, 4.69) is 12.2 Å². The zero-order chi connectivity index (χ0) is 10.6. The maximum absolute atomic E-state index is 5.74. The van der Waals surface area contributed by atoms with Crippen LogP contribution in [0, 0.1) is 5.92 Å². The van der Waals surface area contributed by atoms with Crippen molar-refractivity contribution in [3.05, 3.63) is 0 Å². The van der Waals surface area contributed by atoms with Gasteiger partial charge < -0.3 is 10.1 Å². The molecule has 0 rings (SSSR count). The van der Waals surface area contributed by atoms with Crippen LogP contribution >= 0.6 is 11.6 Å².